The van der Waals surface area contributed by atoms with Crippen molar-refractivity contribution in [3.63, 3.8) is 0 Å². The van der Waals surface area contributed by atoms with Crippen LogP contribution in [0.2, 0.25) is 0 Å². The Hall–Kier alpha value is -1.90. The van der Waals surface area contributed by atoms with Crippen LogP contribution >= 0.6 is 0 Å². The normalized spacial score (nSPS) is 15.2. The van der Waals surface area contributed by atoms with Crippen LogP contribution in [0, 0.1) is 11.3 Å². The molecule has 0 N–H and O–H groups in total. The van der Waals surface area contributed by atoms with Crippen molar-refractivity contribution in [2.75, 3.05) is 6.54 Å². The van der Waals surface area contributed by atoms with E-state index in [0.29, 0.717) is 4.90 Å². The van der Waals surface area contributed by atoms with Crippen LogP contribution in [-0.4, -0.2) is 25.3 Å². The zero-order valence-corrected chi connectivity index (χ0v) is 12.4. The molecule has 0 saturated heterocycles. The van der Waals surface area contributed by atoms with E-state index < -0.39 is 10.0 Å². The minimum atomic E-state index is -3.55. The average molecular weight is 300 g/mol. The highest BCUT2D eigenvalue weighted by molar-refractivity contribution is 7.89. The zero-order valence-electron chi connectivity index (χ0n) is 11.6. The molecule has 0 amide bonds. The summed E-state index contributed by atoms with van der Waals surface area (Å²) in [5, 5.41) is 10.4. The number of fused-ring (bicyclic) bond motifs is 1. The number of rotatable bonds is 5. The van der Waals surface area contributed by atoms with E-state index in [1.807, 2.05) is 36.4 Å². The molecule has 0 radical (unpaired) electrons. The molecule has 0 bridgehead atoms. The molecule has 0 spiro atoms. The average Bonchev–Trinajstić information content (AvgIpc) is 3.31. The van der Waals surface area contributed by atoms with Crippen molar-refractivity contribution in [3.8, 4) is 6.07 Å². The second-order valence-electron chi connectivity index (χ2n) is 5.23. The van der Waals surface area contributed by atoms with Gasteiger partial charge in [0.1, 0.15) is 0 Å². The van der Waals surface area contributed by atoms with Crippen LogP contribution in [0.25, 0.3) is 10.8 Å². The highest BCUT2D eigenvalue weighted by atomic mass is 32.2. The van der Waals surface area contributed by atoms with Crippen LogP contribution in [0.4, 0.5) is 0 Å². The van der Waals surface area contributed by atoms with Crippen molar-refractivity contribution in [3.05, 3.63) is 42.5 Å². The van der Waals surface area contributed by atoms with Crippen molar-refractivity contribution >= 4 is 20.8 Å². The Morgan fingerprint density at radius 1 is 1.14 bits per heavy atom. The van der Waals surface area contributed by atoms with E-state index >= 15 is 0 Å². The predicted octanol–water partition coefficient (Wildman–Crippen LogP) is 2.91. The third-order valence-electron chi connectivity index (χ3n) is 3.73. The summed E-state index contributed by atoms with van der Waals surface area (Å²) in [5.74, 6) is 0. The van der Waals surface area contributed by atoms with Crippen molar-refractivity contribution in [2.24, 2.45) is 0 Å². The van der Waals surface area contributed by atoms with Gasteiger partial charge in [-0.2, -0.15) is 9.57 Å². The van der Waals surface area contributed by atoms with Crippen molar-refractivity contribution in [1.29, 1.82) is 5.26 Å². The molecule has 1 fully saturated rings. The van der Waals surface area contributed by atoms with E-state index in [-0.39, 0.29) is 19.0 Å². The quantitative estimate of drug-likeness (QED) is 0.853. The van der Waals surface area contributed by atoms with Crippen molar-refractivity contribution in [1.82, 2.24) is 4.31 Å². The van der Waals surface area contributed by atoms with Gasteiger partial charge in [-0.3, -0.25) is 0 Å². The molecule has 0 atom stereocenters. The molecule has 21 heavy (non-hydrogen) atoms. The molecule has 1 aliphatic carbocycles. The molecule has 0 aromatic heterocycles. The van der Waals surface area contributed by atoms with Gasteiger partial charge in [0.2, 0.25) is 10.0 Å². The van der Waals surface area contributed by atoms with Crippen LogP contribution < -0.4 is 0 Å². The lowest BCUT2D eigenvalue weighted by molar-refractivity contribution is 0.411. The smallest absolute Gasteiger partial charge is 0.207 e. The summed E-state index contributed by atoms with van der Waals surface area (Å²) in [4.78, 5) is 0.338. The van der Waals surface area contributed by atoms with Gasteiger partial charge in [-0.05, 0) is 24.3 Å². The van der Waals surface area contributed by atoms with E-state index in [4.69, 9.17) is 5.26 Å². The first-order valence-electron chi connectivity index (χ1n) is 7.01. The maximum Gasteiger partial charge on any atom is 0.243 e. The third-order valence-corrected chi connectivity index (χ3v) is 5.74. The Morgan fingerprint density at radius 2 is 1.86 bits per heavy atom. The summed E-state index contributed by atoms with van der Waals surface area (Å²) in [5.41, 5.74) is 0. The van der Waals surface area contributed by atoms with E-state index in [1.54, 1.807) is 12.1 Å². The molecular weight excluding hydrogens is 284 g/mol. The van der Waals surface area contributed by atoms with Gasteiger partial charge in [0.15, 0.2) is 0 Å². The highest BCUT2D eigenvalue weighted by Gasteiger charge is 2.38. The van der Waals surface area contributed by atoms with E-state index in [9.17, 15) is 8.42 Å². The summed E-state index contributed by atoms with van der Waals surface area (Å²) in [6, 6.07) is 14.9. The van der Waals surface area contributed by atoms with Crippen LogP contribution in [0.3, 0.4) is 0 Å². The fourth-order valence-corrected chi connectivity index (χ4v) is 4.47. The minimum absolute atomic E-state index is 0.0577. The molecule has 0 unspecified atom stereocenters. The largest absolute Gasteiger partial charge is 0.243 e. The fourth-order valence-electron chi connectivity index (χ4n) is 2.57. The monoisotopic (exact) mass is 300 g/mol. The maximum absolute atomic E-state index is 13.0. The molecule has 1 aliphatic rings. The first kappa shape index (κ1) is 14.1. The van der Waals surface area contributed by atoms with Gasteiger partial charge in [-0.25, -0.2) is 8.42 Å². The molecule has 2 aromatic carbocycles. The van der Waals surface area contributed by atoms with Gasteiger partial charge in [-0.1, -0.05) is 36.4 Å². The number of sulfonamides is 1. The van der Waals surface area contributed by atoms with Gasteiger partial charge >= 0.3 is 0 Å². The molecule has 1 saturated carbocycles. The Kier molecular flexibility index (Phi) is 3.66. The van der Waals surface area contributed by atoms with Crippen LogP contribution in [0.1, 0.15) is 19.3 Å². The van der Waals surface area contributed by atoms with Crippen LogP contribution in [0.5, 0.6) is 0 Å². The topological polar surface area (TPSA) is 61.2 Å². The Bertz CT molecular complexity index is 799. The standard InChI is InChI=1S/C16H16N2O2S/c17-11-4-12-18(14-9-10-14)21(19,20)16-8-3-6-13-5-1-2-7-15(13)16/h1-3,5-8,14H,4,9-10,12H2. The summed E-state index contributed by atoms with van der Waals surface area (Å²) >= 11 is 0. The maximum atomic E-state index is 13.0. The molecule has 5 heteroatoms. The Balaban J connectivity index is 2.09. The molecule has 3 rings (SSSR count). The lowest BCUT2D eigenvalue weighted by Crippen LogP contribution is -2.34. The van der Waals surface area contributed by atoms with Gasteiger partial charge in [0.25, 0.3) is 0 Å². The van der Waals surface area contributed by atoms with Crippen LogP contribution in [-0.2, 0) is 10.0 Å². The lowest BCUT2D eigenvalue weighted by Gasteiger charge is -2.21. The second-order valence-corrected chi connectivity index (χ2v) is 7.09. The Morgan fingerprint density at radius 3 is 2.57 bits per heavy atom. The predicted molar refractivity (Wildman–Crippen MR) is 81.1 cm³/mol. The van der Waals surface area contributed by atoms with Gasteiger partial charge < -0.3 is 0 Å². The highest BCUT2D eigenvalue weighted by Crippen LogP contribution is 2.34. The first-order valence-corrected chi connectivity index (χ1v) is 8.45. The molecule has 0 heterocycles. The number of nitrogens with zero attached hydrogens (tertiary/aromatic N) is 2. The summed E-state index contributed by atoms with van der Waals surface area (Å²) < 4.78 is 27.4. The zero-order chi connectivity index (χ0) is 14.9. The van der Waals surface area contributed by atoms with Gasteiger partial charge in [0, 0.05) is 24.4 Å². The summed E-state index contributed by atoms with van der Waals surface area (Å²) in [6.07, 6.45) is 1.99. The number of nitriles is 1. The molecule has 108 valence electrons. The lowest BCUT2D eigenvalue weighted by atomic mass is 10.1. The Labute approximate surface area is 124 Å². The van der Waals surface area contributed by atoms with E-state index in [0.717, 1.165) is 23.6 Å². The summed E-state index contributed by atoms with van der Waals surface area (Å²) in [7, 11) is -3.55. The van der Waals surface area contributed by atoms with Crippen molar-refractivity contribution < 1.29 is 8.42 Å². The molecule has 0 aliphatic heterocycles. The molecule has 2 aromatic rings. The first-order chi connectivity index (χ1) is 10.1. The van der Waals surface area contributed by atoms with Crippen molar-refractivity contribution in [2.45, 2.75) is 30.2 Å². The van der Waals surface area contributed by atoms with Gasteiger partial charge in [-0.15, -0.1) is 0 Å². The van der Waals surface area contributed by atoms with Gasteiger partial charge in [0.05, 0.1) is 11.0 Å². The van der Waals surface area contributed by atoms with E-state index in [2.05, 4.69) is 0 Å². The summed E-state index contributed by atoms with van der Waals surface area (Å²) in [6.45, 7) is 0.271. The third kappa shape index (κ3) is 2.65. The number of hydrogen-bond acceptors (Lipinski definition) is 3. The number of benzene rings is 2. The fraction of sp³-hybridized carbons (Fsp3) is 0.312. The SMILES string of the molecule is N#CCCN(C1CC1)S(=O)(=O)c1cccc2ccccc12. The molecule has 4 nitrogen and oxygen atoms in total. The van der Waals surface area contributed by atoms with E-state index in [1.165, 1.54) is 4.31 Å². The minimum Gasteiger partial charge on any atom is -0.207 e. The number of hydrogen-bond donors (Lipinski definition) is 0. The van der Waals surface area contributed by atoms with Crippen LogP contribution in [0.15, 0.2) is 47.4 Å². The molecular formula is C16H16N2O2S. The second kappa shape index (κ2) is 5.47.